The highest BCUT2D eigenvalue weighted by molar-refractivity contribution is 4.92. The van der Waals surface area contributed by atoms with Gasteiger partial charge in [-0.15, -0.1) is 0 Å². The van der Waals surface area contributed by atoms with E-state index in [1.54, 1.807) is 0 Å². The van der Waals surface area contributed by atoms with Crippen molar-refractivity contribution in [1.82, 2.24) is 0 Å². The van der Waals surface area contributed by atoms with Crippen LogP contribution in [0.1, 0.15) is 83.5 Å². The minimum atomic E-state index is 0.728. The maximum absolute atomic E-state index is 8.42. The third kappa shape index (κ3) is 17.0. The maximum atomic E-state index is 8.42. The second-order valence-corrected chi connectivity index (χ2v) is 5.35. The zero-order valence-electron chi connectivity index (χ0n) is 13.2. The highest BCUT2D eigenvalue weighted by Crippen LogP contribution is 2.08. The van der Waals surface area contributed by atoms with Crippen LogP contribution in [0, 0.1) is 18.3 Å². The van der Waals surface area contributed by atoms with Crippen LogP contribution in [0.3, 0.4) is 0 Å². The van der Waals surface area contributed by atoms with Crippen LogP contribution in [0.2, 0.25) is 0 Å². The van der Waals surface area contributed by atoms with Crippen molar-refractivity contribution in [1.29, 1.82) is 5.26 Å². The first-order valence-corrected chi connectivity index (χ1v) is 8.38. The monoisotopic (exact) mass is 274 g/mol. The van der Waals surface area contributed by atoms with Crippen LogP contribution < -0.4 is 0 Å². The first-order chi connectivity index (χ1) is 9.91. The van der Waals surface area contributed by atoms with Gasteiger partial charge < -0.3 is 0 Å². The number of rotatable bonds is 14. The molecule has 0 aliphatic carbocycles. The fourth-order valence-electron chi connectivity index (χ4n) is 2.12. The second-order valence-electron chi connectivity index (χ2n) is 5.35. The van der Waals surface area contributed by atoms with Crippen LogP contribution in [-0.4, -0.2) is 0 Å². The molecule has 0 aliphatic heterocycles. The van der Waals surface area contributed by atoms with Gasteiger partial charge in [0.2, 0.25) is 0 Å². The number of hydrogen-bond donors (Lipinski definition) is 0. The van der Waals surface area contributed by atoms with Crippen molar-refractivity contribution in [3.63, 3.8) is 0 Å². The molecular formula is C19H32N. The summed E-state index contributed by atoms with van der Waals surface area (Å²) in [5.74, 6) is 0. The summed E-state index contributed by atoms with van der Waals surface area (Å²) in [7, 11) is 0. The van der Waals surface area contributed by atoms with Crippen molar-refractivity contribution in [2.75, 3.05) is 0 Å². The smallest absolute Gasteiger partial charge is 0.0621 e. The zero-order chi connectivity index (χ0) is 14.7. The van der Waals surface area contributed by atoms with E-state index in [0.717, 1.165) is 25.7 Å². The van der Waals surface area contributed by atoms with E-state index >= 15 is 0 Å². The van der Waals surface area contributed by atoms with Crippen LogP contribution in [0.25, 0.3) is 0 Å². The molecule has 113 valence electrons. The first kappa shape index (κ1) is 19.0. The molecule has 0 fully saturated rings. The van der Waals surface area contributed by atoms with Crippen molar-refractivity contribution in [2.45, 2.75) is 83.5 Å². The number of allylic oxidation sites excluding steroid dienone is 4. The van der Waals surface area contributed by atoms with Crippen molar-refractivity contribution < 1.29 is 0 Å². The van der Waals surface area contributed by atoms with Gasteiger partial charge in [-0.05, 0) is 38.5 Å². The predicted molar refractivity (Wildman–Crippen MR) is 89.3 cm³/mol. The lowest BCUT2D eigenvalue weighted by Crippen LogP contribution is -1.79. The van der Waals surface area contributed by atoms with Gasteiger partial charge >= 0.3 is 0 Å². The molecule has 20 heavy (non-hydrogen) atoms. The van der Waals surface area contributed by atoms with Gasteiger partial charge in [0.25, 0.3) is 0 Å². The van der Waals surface area contributed by atoms with Crippen LogP contribution >= 0.6 is 0 Å². The molecule has 0 unspecified atom stereocenters. The Labute approximate surface area is 126 Å². The van der Waals surface area contributed by atoms with Crippen molar-refractivity contribution in [3.8, 4) is 6.07 Å². The van der Waals surface area contributed by atoms with Gasteiger partial charge in [-0.25, -0.2) is 0 Å². The summed E-state index contributed by atoms with van der Waals surface area (Å²) in [5, 5.41) is 8.42. The van der Waals surface area contributed by atoms with Crippen molar-refractivity contribution in [3.05, 3.63) is 31.2 Å². The van der Waals surface area contributed by atoms with E-state index in [1.165, 1.54) is 57.8 Å². The van der Waals surface area contributed by atoms with E-state index in [1.807, 2.05) is 0 Å². The van der Waals surface area contributed by atoms with E-state index in [9.17, 15) is 0 Å². The van der Waals surface area contributed by atoms with Gasteiger partial charge in [-0.3, -0.25) is 0 Å². The molecule has 1 heteroatoms. The molecule has 0 aromatic heterocycles. The van der Waals surface area contributed by atoms with Crippen LogP contribution in [0.4, 0.5) is 0 Å². The Hall–Kier alpha value is -1.03. The summed E-state index contributed by atoms with van der Waals surface area (Å²) in [5.41, 5.74) is 0. The minimum Gasteiger partial charge on any atom is -0.198 e. The standard InChI is InChI=1S/C19H32N/c1-2-3-4-5-6-7-8-9-10-11-12-13-14-15-16-17-18-19-20/h6-7,9-10H,1-5,8,11-18H2. The average molecular weight is 274 g/mol. The van der Waals surface area contributed by atoms with Gasteiger partial charge in [-0.2, -0.15) is 5.26 Å². The minimum absolute atomic E-state index is 0.728. The molecule has 0 saturated carbocycles. The van der Waals surface area contributed by atoms with Crippen LogP contribution in [0.15, 0.2) is 24.3 Å². The van der Waals surface area contributed by atoms with Gasteiger partial charge in [0.15, 0.2) is 0 Å². The normalized spacial score (nSPS) is 11.4. The SMILES string of the molecule is [CH2]CCCCC=CCC=CCCCCCCCCC#N. The van der Waals surface area contributed by atoms with Gasteiger partial charge in [0.05, 0.1) is 6.07 Å². The van der Waals surface area contributed by atoms with Gasteiger partial charge in [-0.1, -0.05) is 69.8 Å². The summed E-state index contributed by atoms with van der Waals surface area (Å²) in [6.07, 6.45) is 24.5. The molecule has 0 atom stereocenters. The van der Waals surface area contributed by atoms with E-state index in [2.05, 4.69) is 37.3 Å². The molecule has 0 rings (SSSR count). The highest BCUT2D eigenvalue weighted by atomic mass is 14.2. The fraction of sp³-hybridized carbons (Fsp3) is 0.684. The van der Waals surface area contributed by atoms with Crippen molar-refractivity contribution in [2.24, 2.45) is 0 Å². The van der Waals surface area contributed by atoms with Gasteiger partial charge in [0.1, 0.15) is 0 Å². The lowest BCUT2D eigenvalue weighted by molar-refractivity contribution is 0.601. The Bertz CT molecular complexity index is 270. The molecule has 0 aromatic rings. The lowest BCUT2D eigenvalue weighted by atomic mass is 10.1. The largest absolute Gasteiger partial charge is 0.198 e. The highest BCUT2D eigenvalue weighted by Gasteiger charge is 1.90. The molecule has 1 nitrogen and oxygen atoms in total. The van der Waals surface area contributed by atoms with Gasteiger partial charge in [0, 0.05) is 6.42 Å². The molecule has 1 radical (unpaired) electrons. The number of nitriles is 1. The predicted octanol–water partition coefficient (Wildman–Crippen LogP) is 6.53. The molecule has 0 bridgehead atoms. The summed E-state index contributed by atoms with van der Waals surface area (Å²) >= 11 is 0. The van der Waals surface area contributed by atoms with E-state index in [4.69, 9.17) is 5.26 Å². The number of nitrogens with zero attached hydrogens (tertiary/aromatic N) is 1. The number of unbranched alkanes of at least 4 members (excludes halogenated alkanes) is 10. The van der Waals surface area contributed by atoms with E-state index in [-0.39, 0.29) is 0 Å². The zero-order valence-corrected chi connectivity index (χ0v) is 13.2. The molecule has 0 N–H and O–H groups in total. The summed E-state index contributed by atoms with van der Waals surface area (Å²) < 4.78 is 0. The van der Waals surface area contributed by atoms with E-state index < -0.39 is 0 Å². The summed E-state index contributed by atoms with van der Waals surface area (Å²) in [6.45, 7) is 3.84. The Morgan fingerprint density at radius 3 is 1.85 bits per heavy atom. The number of hydrogen-bond acceptors (Lipinski definition) is 1. The topological polar surface area (TPSA) is 23.8 Å². The molecule has 0 heterocycles. The Balaban J connectivity index is 3.14. The van der Waals surface area contributed by atoms with E-state index in [0.29, 0.717) is 0 Å². The first-order valence-electron chi connectivity index (χ1n) is 8.38. The third-order valence-electron chi connectivity index (χ3n) is 3.39. The average Bonchev–Trinajstić information content (AvgIpc) is 2.47. The lowest BCUT2D eigenvalue weighted by Gasteiger charge is -1.98. The molecule has 0 spiro atoms. The second kappa shape index (κ2) is 18.0. The molecule has 0 aromatic carbocycles. The molecule has 0 aliphatic rings. The Morgan fingerprint density at radius 1 is 0.700 bits per heavy atom. The summed E-state index contributed by atoms with van der Waals surface area (Å²) in [4.78, 5) is 0. The van der Waals surface area contributed by atoms with Crippen LogP contribution in [0.5, 0.6) is 0 Å². The maximum Gasteiger partial charge on any atom is 0.0621 e. The molecular weight excluding hydrogens is 242 g/mol. The third-order valence-corrected chi connectivity index (χ3v) is 3.39. The fourth-order valence-corrected chi connectivity index (χ4v) is 2.12. The molecule has 0 saturated heterocycles. The molecule has 0 amide bonds. The Kier molecular flexibility index (Phi) is 17.0. The van der Waals surface area contributed by atoms with Crippen molar-refractivity contribution >= 4 is 0 Å². The summed E-state index contributed by atoms with van der Waals surface area (Å²) in [6, 6.07) is 2.20. The van der Waals surface area contributed by atoms with Crippen LogP contribution in [-0.2, 0) is 0 Å². The Morgan fingerprint density at radius 2 is 1.25 bits per heavy atom. The quantitative estimate of drug-likeness (QED) is 0.261.